The van der Waals surface area contributed by atoms with Crippen molar-refractivity contribution in [3.63, 3.8) is 0 Å². The van der Waals surface area contributed by atoms with E-state index in [0.717, 1.165) is 0 Å². The molecule has 5 N–H and O–H groups in total. The van der Waals surface area contributed by atoms with Crippen LogP contribution < -0.4 is 5.73 Å². The summed E-state index contributed by atoms with van der Waals surface area (Å²) >= 11 is 0. The van der Waals surface area contributed by atoms with Crippen LogP contribution in [0.15, 0.2) is 24.8 Å². The third kappa shape index (κ3) is 4.48. The van der Waals surface area contributed by atoms with E-state index < -0.39 is 5.91 Å². The van der Waals surface area contributed by atoms with Gasteiger partial charge in [-0.15, -0.1) is 0 Å². The zero-order chi connectivity index (χ0) is 15.8. The van der Waals surface area contributed by atoms with Gasteiger partial charge in [0.25, 0.3) is 5.91 Å². The van der Waals surface area contributed by atoms with Gasteiger partial charge in [0.2, 0.25) is 0 Å². The summed E-state index contributed by atoms with van der Waals surface area (Å²) in [6, 6.07) is 0. The van der Waals surface area contributed by atoms with E-state index in [0.29, 0.717) is 16.8 Å². The number of primary amides is 1. The Labute approximate surface area is 120 Å². The van der Waals surface area contributed by atoms with Crippen molar-refractivity contribution in [1.29, 1.82) is 0 Å². The van der Waals surface area contributed by atoms with E-state index >= 15 is 0 Å². The van der Waals surface area contributed by atoms with Gasteiger partial charge in [0.15, 0.2) is 0 Å². The second kappa shape index (κ2) is 7.88. The number of nitrogens with zero attached hydrogens (tertiary/aromatic N) is 3. The summed E-state index contributed by atoms with van der Waals surface area (Å²) in [5.74, 6) is -0.591. The standard InChI is InChI=1S/C8H11NO3.C5H5N3O/c1-5-8(12)7(4-11)6(3-10)2-9-5;6-5(9)4-3-7-1-2-8-4/h2,10-12H,3-4H2,1H3;1-3H,(H2,6,9). The number of pyridine rings is 1. The summed E-state index contributed by atoms with van der Waals surface area (Å²) in [6.07, 6.45) is 5.66. The minimum absolute atomic E-state index is 0.0379. The third-order valence-corrected chi connectivity index (χ3v) is 2.57. The first kappa shape index (κ1) is 16.5. The van der Waals surface area contributed by atoms with Crippen LogP contribution in [0.2, 0.25) is 0 Å². The van der Waals surface area contributed by atoms with Crippen LogP contribution in [0, 0.1) is 6.92 Å². The molecule has 0 bridgehead atoms. The van der Waals surface area contributed by atoms with Crippen LogP contribution in [0.25, 0.3) is 0 Å². The Morgan fingerprint density at radius 3 is 2.33 bits per heavy atom. The summed E-state index contributed by atoms with van der Waals surface area (Å²) in [6.45, 7) is 1.12. The number of carbonyl (C=O) groups excluding carboxylic acids is 1. The number of amides is 1. The predicted molar refractivity (Wildman–Crippen MR) is 73.0 cm³/mol. The first-order valence-electron chi connectivity index (χ1n) is 5.95. The van der Waals surface area contributed by atoms with Gasteiger partial charge in [-0.05, 0) is 6.92 Å². The maximum Gasteiger partial charge on any atom is 0.268 e. The lowest BCUT2D eigenvalue weighted by Crippen LogP contribution is -2.12. The van der Waals surface area contributed by atoms with E-state index in [1.165, 1.54) is 24.8 Å². The lowest BCUT2D eigenvalue weighted by molar-refractivity contribution is 0.0995. The summed E-state index contributed by atoms with van der Waals surface area (Å²) in [5, 5.41) is 27.0. The predicted octanol–water partition coefficient (Wildman–Crippen LogP) is -0.344. The van der Waals surface area contributed by atoms with Crippen molar-refractivity contribution < 1.29 is 20.1 Å². The van der Waals surface area contributed by atoms with Crippen LogP contribution in [0.1, 0.15) is 27.3 Å². The molecule has 0 aliphatic rings. The average Bonchev–Trinajstić information content (AvgIpc) is 2.51. The Morgan fingerprint density at radius 2 is 1.90 bits per heavy atom. The number of aliphatic hydroxyl groups is 2. The van der Waals surface area contributed by atoms with E-state index in [4.69, 9.17) is 15.9 Å². The number of aryl methyl sites for hydroxylation is 1. The number of hydrogen-bond acceptors (Lipinski definition) is 7. The Kier molecular flexibility index (Phi) is 6.18. The van der Waals surface area contributed by atoms with Crippen molar-refractivity contribution in [2.45, 2.75) is 20.1 Å². The average molecular weight is 292 g/mol. The fourth-order valence-corrected chi connectivity index (χ4v) is 1.42. The summed E-state index contributed by atoms with van der Waals surface area (Å²) in [5.41, 5.74) is 6.33. The van der Waals surface area contributed by atoms with Crippen LogP contribution in [-0.4, -0.2) is 36.2 Å². The van der Waals surface area contributed by atoms with Gasteiger partial charge in [0.1, 0.15) is 11.4 Å². The van der Waals surface area contributed by atoms with E-state index in [2.05, 4.69) is 15.0 Å². The highest BCUT2D eigenvalue weighted by Crippen LogP contribution is 2.23. The first-order chi connectivity index (χ1) is 10.0. The van der Waals surface area contributed by atoms with E-state index in [1.807, 2.05) is 0 Å². The van der Waals surface area contributed by atoms with Crippen molar-refractivity contribution in [1.82, 2.24) is 15.0 Å². The van der Waals surface area contributed by atoms with Crippen LogP contribution in [0.4, 0.5) is 0 Å². The molecule has 112 valence electrons. The molecular weight excluding hydrogens is 276 g/mol. The lowest BCUT2D eigenvalue weighted by Gasteiger charge is -2.07. The van der Waals surface area contributed by atoms with Crippen molar-refractivity contribution in [2.75, 3.05) is 0 Å². The highest BCUT2D eigenvalue weighted by atomic mass is 16.3. The zero-order valence-corrected chi connectivity index (χ0v) is 11.4. The molecule has 0 aliphatic heterocycles. The number of rotatable bonds is 3. The summed E-state index contributed by atoms with van der Waals surface area (Å²) in [4.78, 5) is 21.4. The van der Waals surface area contributed by atoms with Gasteiger partial charge >= 0.3 is 0 Å². The number of nitrogens with two attached hydrogens (primary N) is 1. The number of aromatic hydroxyl groups is 1. The second-order valence-electron chi connectivity index (χ2n) is 3.97. The van der Waals surface area contributed by atoms with E-state index in [-0.39, 0.29) is 24.7 Å². The van der Waals surface area contributed by atoms with Gasteiger partial charge < -0.3 is 21.1 Å². The molecule has 0 saturated heterocycles. The fourth-order valence-electron chi connectivity index (χ4n) is 1.42. The van der Waals surface area contributed by atoms with Gasteiger partial charge in [-0.1, -0.05) is 0 Å². The molecule has 21 heavy (non-hydrogen) atoms. The maximum atomic E-state index is 10.3. The molecule has 0 spiro atoms. The molecule has 0 fully saturated rings. The fraction of sp³-hybridized carbons (Fsp3) is 0.231. The molecule has 8 heteroatoms. The van der Waals surface area contributed by atoms with Crippen LogP contribution >= 0.6 is 0 Å². The van der Waals surface area contributed by atoms with Crippen LogP contribution in [-0.2, 0) is 13.2 Å². The zero-order valence-electron chi connectivity index (χ0n) is 11.4. The topological polar surface area (TPSA) is 142 Å². The van der Waals surface area contributed by atoms with E-state index in [1.54, 1.807) is 6.92 Å². The molecule has 0 unspecified atom stereocenters. The van der Waals surface area contributed by atoms with Gasteiger partial charge in [-0.2, -0.15) is 0 Å². The summed E-state index contributed by atoms with van der Waals surface area (Å²) < 4.78 is 0. The van der Waals surface area contributed by atoms with Gasteiger partial charge in [-0.3, -0.25) is 14.8 Å². The number of carbonyl (C=O) groups is 1. The number of hydrogen-bond donors (Lipinski definition) is 4. The highest BCUT2D eigenvalue weighted by molar-refractivity contribution is 5.90. The highest BCUT2D eigenvalue weighted by Gasteiger charge is 2.09. The third-order valence-electron chi connectivity index (χ3n) is 2.57. The summed E-state index contributed by atoms with van der Waals surface area (Å²) in [7, 11) is 0. The molecular formula is C13H16N4O4. The van der Waals surface area contributed by atoms with Crippen molar-refractivity contribution in [2.24, 2.45) is 5.73 Å². The Morgan fingerprint density at radius 1 is 1.19 bits per heavy atom. The van der Waals surface area contributed by atoms with Crippen molar-refractivity contribution in [3.05, 3.63) is 47.3 Å². The van der Waals surface area contributed by atoms with Gasteiger partial charge in [-0.25, -0.2) is 4.98 Å². The molecule has 0 atom stereocenters. The Hall–Kier alpha value is -2.58. The van der Waals surface area contributed by atoms with Crippen LogP contribution in [0.3, 0.4) is 0 Å². The molecule has 1 amide bonds. The monoisotopic (exact) mass is 292 g/mol. The normalized spacial score (nSPS) is 9.67. The molecule has 2 rings (SSSR count). The minimum atomic E-state index is -0.553. The SMILES string of the molecule is Cc1ncc(CO)c(CO)c1O.NC(=O)c1cnccn1. The molecule has 8 nitrogen and oxygen atoms in total. The molecule has 0 radical (unpaired) electrons. The van der Waals surface area contributed by atoms with Gasteiger partial charge in [0.05, 0.1) is 25.1 Å². The first-order valence-corrected chi connectivity index (χ1v) is 5.95. The number of aromatic nitrogens is 3. The second-order valence-corrected chi connectivity index (χ2v) is 3.97. The lowest BCUT2D eigenvalue weighted by atomic mass is 10.1. The van der Waals surface area contributed by atoms with Crippen LogP contribution in [0.5, 0.6) is 5.75 Å². The smallest absolute Gasteiger partial charge is 0.268 e. The molecule has 2 aromatic heterocycles. The van der Waals surface area contributed by atoms with Crippen molar-refractivity contribution >= 4 is 5.91 Å². The van der Waals surface area contributed by atoms with E-state index in [9.17, 15) is 9.90 Å². The maximum absolute atomic E-state index is 10.3. The molecule has 2 heterocycles. The molecule has 2 aromatic rings. The molecule has 0 saturated carbocycles. The Balaban J connectivity index is 0.000000219. The molecule has 0 aromatic carbocycles. The number of aliphatic hydroxyl groups excluding tert-OH is 2. The molecule has 0 aliphatic carbocycles. The minimum Gasteiger partial charge on any atom is -0.506 e. The Bertz CT molecular complexity index is 605. The van der Waals surface area contributed by atoms with Gasteiger partial charge in [0, 0.05) is 29.7 Å². The quantitative estimate of drug-likeness (QED) is 0.605. The van der Waals surface area contributed by atoms with Crippen molar-refractivity contribution in [3.8, 4) is 5.75 Å². The largest absolute Gasteiger partial charge is 0.506 e.